The molecule has 288 valence electrons. The fraction of sp³-hybridized carbons (Fsp3) is 0.341. The first-order chi connectivity index (χ1) is 25.9. The summed E-state index contributed by atoms with van der Waals surface area (Å²) in [6.45, 7) is 5.05. The summed E-state index contributed by atoms with van der Waals surface area (Å²) in [5, 5.41) is 21.6. The van der Waals surface area contributed by atoms with Crippen LogP contribution in [-0.2, 0) is 11.3 Å². The van der Waals surface area contributed by atoms with Gasteiger partial charge in [-0.3, -0.25) is 4.90 Å². The highest BCUT2D eigenvalue weighted by atomic mass is 35.5. The summed E-state index contributed by atoms with van der Waals surface area (Å²) in [5.74, 6) is 3.52. The van der Waals surface area contributed by atoms with Crippen LogP contribution in [0.25, 0.3) is 22.5 Å². The molecule has 0 amide bonds. The van der Waals surface area contributed by atoms with Gasteiger partial charge in [-0.1, -0.05) is 12.1 Å². The van der Waals surface area contributed by atoms with Crippen LogP contribution in [0.15, 0.2) is 91.3 Å². The maximum absolute atomic E-state index is 10.8. The van der Waals surface area contributed by atoms with E-state index in [4.69, 9.17) is 38.1 Å². The molecule has 2 unspecified atom stereocenters. The van der Waals surface area contributed by atoms with Crippen molar-refractivity contribution in [1.82, 2.24) is 14.5 Å². The first kappa shape index (κ1) is 40.2. The van der Waals surface area contributed by atoms with Crippen LogP contribution >= 0.6 is 12.4 Å². The van der Waals surface area contributed by atoms with Crippen molar-refractivity contribution in [1.29, 1.82) is 0 Å². The summed E-state index contributed by atoms with van der Waals surface area (Å²) < 4.78 is 41.1. The lowest BCUT2D eigenvalue weighted by molar-refractivity contribution is 0.0364. The Morgan fingerprint density at radius 1 is 0.630 bits per heavy atom. The van der Waals surface area contributed by atoms with Crippen LogP contribution in [-0.4, -0.2) is 99.2 Å². The van der Waals surface area contributed by atoms with E-state index in [0.29, 0.717) is 45.6 Å². The predicted octanol–water partition coefficient (Wildman–Crippen LogP) is 6.23. The van der Waals surface area contributed by atoms with E-state index >= 15 is 0 Å². The number of methoxy groups -OCH3 is 4. The highest BCUT2D eigenvalue weighted by Gasteiger charge is 2.19. The third kappa shape index (κ3) is 9.76. The molecule has 1 aliphatic heterocycles. The van der Waals surface area contributed by atoms with Crippen molar-refractivity contribution in [2.45, 2.75) is 18.8 Å². The Hall–Kier alpha value is -4.98. The standard InChI is InChI=1S/C41H47N3O9.ClH/c1-47-36-15-9-30(23-38(36)49-3)34(45)25-52-32-11-5-28(6-12-32)40-41(44(27-42-40)18-17-43-19-21-51-22-20-43)29-7-13-33(14-8-29)53-26-35(46)31-10-16-37(48-2)39(24-31)50-4;/h5-16,23-24,27,34-35,45-46H,17-22,25-26H2,1-4H3;1H. The van der Waals surface area contributed by atoms with Gasteiger partial charge in [0.15, 0.2) is 23.0 Å². The second kappa shape index (κ2) is 19.4. The quantitative estimate of drug-likeness (QED) is 0.112. The minimum absolute atomic E-state index is 0. The number of benzene rings is 4. The molecule has 12 nitrogen and oxygen atoms in total. The van der Waals surface area contributed by atoms with E-state index < -0.39 is 12.2 Å². The lowest BCUT2D eigenvalue weighted by atomic mass is 10.0. The van der Waals surface area contributed by atoms with Crippen molar-refractivity contribution in [3.8, 4) is 57.0 Å². The number of aromatic nitrogens is 2. The molecule has 2 heterocycles. The zero-order valence-electron chi connectivity index (χ0n) is 31.0. The van der Waals surface area contributed by atoms with Gasteiger partial charge >= 0.3 is 0 Å². The summed E-state index contributed by atoms with van der Waals surface area (Å²) in [7, 11) is 6.27. The Morgan fingerprint density at radius 2 is 1.11 bits per heavy atom. The molecule has 2 atom stereocenters. The molecular formula is C41H48ClN3O9. The molecule has 2 N–H and O–H groups in total. The van der Waals surface area contributed by atoms with Crippen molar-refractivity contribution in [3.05, 3.63) is 102 Å². The van der Waals surface area contributed by atoms with Crippen molar-refractivity contribution in [2.24, 2.45) is 0 Å². The van der Waals surface area contributed by atoms with E-state index in [1.807, 2.05) is 54.9 Å². The molecule has 1 aromatic heterocycles. The number of nitrogens with zero attached hydrogens (tertiary/aromatic N) is 3. The normalized spacial score (nSPS) is 14.0. The maximum Gasteiger partial charge on any atom is 0.161 e. The van der Waals surface area contributed by atoms with Crippen LogP contribution in [0, 0.1) is 0 Å². The zero-order valence-corrected chi connectivity index (χ0v) is 31.8. The molecule has 0 radical (unpaired) electrons. The third-order valence-electron chi connectivity index (χ3n) is 9.25. The van der Waals surface area contributed by atoms with Crippen LogP contribution in [0.2, 0.25) is 0 Å². The number of ether oxygens (including phenoxy) is 7. The number of morpholine rings is 1. The van der Waals surface area contributed by atoms with Crippen molar-refractivity contribution < 1.29 is 43.4 Å². The van der Waals surface area contributed by atoms with E-state index in [1.54, 1.807) is 64.8 Å². The Bertz CT molecular complexity index is 1910. The first-order valence-electron chi connectivity index (χ1n) is 17.5. The van der Waals surface area contributed by atoms with E-state index in [9.17, 15) is 10.2 Å². The first-order valence-corrected chi connectivity index (χ1v) is 17.5. The molecule has 54 heavy (non-hydrogen) atoms. The molecule has 1 aliphatic rings. The molecule has 5 aromatic rings. The van der Waals surface area contributed by atoms with E-state index in [1.165, 1.54) is 0 Å². The van der Waals surface area contributed by atoms with Gasteiger partial charge in [0, 0.05) is 37.3 Å². The van der Waals surface area contributed by atoms with Crippen LogP contribution in [0.1, 0.15) is 23.3 Å². The highest BCUT2D eigenvalue weighted by Crippen LogP contribution is 2.35. The van der Waals surface area contributed by atoms with Gasteiger partial charge < -0.3 is 47.9 Å². The number of imidazole rings is 1. The second-order valence-corrected chi connectivity index (χ2v) is 12.5. The number of hydrogen-bond donors (Lipinski definition) is 2. The van der Waals surface area contributed by atoms with Crippen molar-refractivity contribution in [3.63, 3.8) is 0 Å². The molecule has 4 aromatic carbocycles. The Kier molecular flexibility index (Phi) is 14.4. The smallest absolute Gasteiger partial charge is 0.161 e. The molecule has 0 saturated carbocycles. The fourth-order valence-corrected chi connectivity index (χ4v) is 6.22. The molecule has 1 fully saturated rings. The summed E-state index contributed by atoms with van der Waals surface area (Å²) in [6, 6.07) is 26.1. The second-order valence-electron chi connectivity index (χ2n) is 12.5. The molecular weight excluding hydrogens is 714 g/mol. The van der Waals surface area contributed by atoms with Gasteiger partial charge in [-0.2, -0.15) is 0 Å². The minimum atomic E-state index is -0.858. The number of halogens is 1. The minimum Gasteiger partial charge on any atom is -0.493 e. The zero-order chi connectivity index (χ0) is 37.2. The van der Waals surface area contributed by atoms with Gasteiger partial charge in [-0.05, 0) is 83.9 Å². The van der Waals surface area contributed by atoms with Crippen molar-refractivity contribution in [2.75, 3.05) is 74.5 Å². The maximum atomic E-state index is 10.8. The van der Waals surface area contributed by atoms with Gasteiger partial charge in [-0.15, -0.1) is 12.4 Å². The third-order valence-corrected chi connectivity index (χ3v) is 9.25. The summed E-state index contributed by atoms with van der Waals surface area (Å²) in [4.78, 5) is 7.27. The van der Waals surface area contributed by atoms with Gasteiger partial charge in [0.2, 0.25) is 0 Å². The Morgan fingerprint density at radius 3 is 1.59 bits per heavy atom. The molecule has 0 spiro atoms. The molecule has 6 rings (SSSR count). The van der Waals surface area contributed by atoms with Crippen LogP contribution in [0.3, 0.4) is 0 Å². The summed E-state index contributed by atoms with van der Waals surface area (Å²) in [5.41, 5.74) is 5.05. The molecule has 1 saturated heterocycles. The van der Waals surface area contributed by atoms with E-state index in [-0.39, 0.29) is 25.6 Å². The topological polar surface area (TPSA) is 126 Å². The highest BCUT2D eigenvalue weighted by molar-refractivity contribution is 5.85. The number of rotatable bonds is 17. The lowest BCUT2D eigenvalue weighted by Crippen LogP contribution is -2.38. The monoisotopic (exact) mass is 761 g/mol. The number of hydrogen-bond acceptors (Lipinski definition) is 11. The van der Waals surface area contributed by atoms with Gasteiger partial charge in [0.1, 0.15) is 36.9 Å². The molecule has 0 bridgehead atoms. The SMILES string of the molecule is COc1ccc(C(O)COc2ccc(-c3ncn(CCN4CCOCC4)c3-c3ccc(OCC(O)c4ccc(OC)c(OC)c4)cc3)cc2)cc1OC.Cl. The predicted molar refractivity (Wildman–Crippen MR) is 208 cm³/mol. The molecule has 13 heteroatoms. The summed E-state index contributed by atoms with van der Waals surface area (Å²) >= 11 is 0. The van der Waals surface area contributed by atoms with E-state index in [0.717, 1.165) is 61.9 Å². The van der Waals surface area contributed by atoms with Crippen LogP contribution in [0.4, 0.5) is 0 Å². The Labute approximate surface area is 322 Å². The largest absolute Gasteiger partial charge is 0.493 e. The van der Waals surface area contributed by atoms with Gasteiger partial charge in [-0.25, -0.2) is 4.98 Å². The summed E-state index contributed by atoms with van der Waals surface area (Å²) in [6.07, 6.45) is 0.173. The van der Waals surface area contributed by atoms with Gasteiger partial charge in [0.25, 0.3) is 0 Å². The number of aliphatic hydroxyl groups is 2. The Balaban J connectivity index is 0.00000561. The van der Waals surface area contributed by atoms with Gasteiger partial charge in [0.05, 0.1) is 59.4 Å². The van der Waals surface area contributed by atoms with Crippen LogP contribution in [0.5, 0.6) is 34.5 Å². The van der Waals surface area contributed by atoms with E-state index in [2.05, 4.69) is 9.47 Å². The fourth-order valence-electron chi connectivity index (χ4n) is 6.22. The molecule has 0 aliphatic carbocycles. The lowest BCUT2D eigenvalue weighted by Gasteiger charge is -2.26. The number of aliphatic hydroxyl groups excluding tert-OH is 2. The average Bonchev–Trinajstić information content (AvgIpc) is 3.65. The van der Waals surface area contributed by atoms with Crippen LogP contribution < -0.4 is 28.4 Å². The average molecular weight is 762 g/mol. The van der Waals surface area contributed by atoms with Crippen molar-refractivity contribution >= 4 is 12.4 Å².